The second-order valence-corrected chi connectivity index (χ2v) is 7.47. The summed E-state index contributed by atoms with van der Waals surface area (Å²) in [4.78, 5) is 51.6. The van der Waals surface area contributed by atoms with E-state index in [2.05, 4.69) is 5.32 Å². The van der Waals surface area contributed by atoms with Crippen molar-refractivity contribution in [2.45, 2.75) is 44.1 Å². The van der Waals surface area contributed by atoms with Gasteiger partial charge in [0.15, 0.2) is 0 Å². The minimum absolute atomic E-state index is 0.0170. The van der Waals surface area contributed by atoms with Gasteiger partial charge in [-0.3, -0.25) is 19.3 Å². The fourth-order valence-corrected chi connectivity index (χ4v) is 3.83. The number of amides is 4. The minimum atomic E-state index is -0.922. The Morgan fingerprint density at radius 1 is 1.13 bits per heavy atom. The van der Waals surface area contributed by atoms with Crippen molar-refractivity contribution in [3.8, 4) is 0 Å². The van der Waals surface area contributed by atoms with Crippen molar-refractivity contribution < 1.29 is 29.0 Å². The van der Waals surface area contributed by atoms with Crippen molar-refractivity contribution in [2.24, 2.45) is 5.73 Å². The Morgan fingerprint density at radius 2 is 1.87 bits per heavy atom. The summed E-state index contributed by atoms with van der Waals surface area (Å²) in [6, 6.07) is 7.53. The second kappa shape index (κ2) is 9.57. The van der Waals surface area contributed by atoms with Crippen molar-refractivity contribution in [1.29, 1.82) is 0 Å². The highest BCUT2D eigenvalue weighted by Gasteiger charge is 2.44. The molecule has 0 bridgehead atoms. The van der Waals surface area contributed by atoms with Gasteiger partial charge in [-0.2, -0.15) is 0 Å². The summed E-state index contributed by atoms with van der Waals surface area (Å²) in [5, 5.41) is 12.4. The number of nitrogens with zero attached hydrogens (tertiary/aromatic N) is 2. The first-order valence-electron chi connectivity index (χ1n) is 9.88. The number of hydrogen-bond donors (Lipinski definition) is 3. The molecular formula is C20H26N4O6. The molecule has 3 atom stereocenters. The zero-order chi connectivity index (χ0) is 21.7. The number of carbonyl (C=O) groups excluding carboxylic acids is 4. The summed E-state index contributed by atoms with van der Waals surface area (Å²) in [5.41, 5.74) is 5.88. The Balaban J connectivity index is 1.63. The number of benzene rings is 1. The van der Waals surface area contributed by atoms with E-state index < -0.39 is 42.0 Å². The quantitative estimate of drug-likeness (QED) is 0.560. The largest absolute Gasteiger partial charge is 0.445 e. The third-order valence-corrected chi connectivity index (χ3v) is 5.28. The van der Waals surface area contributed by atoms with E-state index in [1.165, 1.54) is 9.80 Å². The van der Waals surface area contributed by atoms with E-state index in [0.29, 0.717) is 19.4 Å². The number of likely N-dealkylation sites (tertiary alicyclic amines) is 2. The number of nitrogens with one attached hydrogen (secondary N) is 1. The monoisotopic (exact) mass is 418 g/mol. The van der Waals surface area contributed by atoms with E-state index in [0.717, 1.165) is 5.56 Å². The number of aliphatic hydroxyl groups is 1. The maximum absolute atomic E-state index is 13.1. The van der Waals surface area contributed by atoms with Crippen molar-refractivity contribution in [2.75, 3.05) is 19.6 Å². The number of rotatable bonds is 6. The molecule has 2 heterocycles. The van der Waals surface area contributed by atoms with Gasteiger partial charge in [0.05, 0.1) is 12.6 Å². The van der Waals surface area contributed by atoms with E-state index in [4.69, 9.17) is 10.5 Å². The molecule has 0 spiro atoms. The zero-order valence-corrected chi connectivity index (χ0v) is 16.5. The van der Waals surface area contributed by atoms with E-state index in [1.807, 2.05) is 30.3 Å². The normalized spacial score (nSPS) is 23.3. The highest BCUT2D eigenvalue weighted by Crippen LogP contribution is 2.26. The van der Waals surface area contributed by atoms with Gasteiger partial charge in [0, 0.05) is 19.5 Å². The molecule has 1 aromatic rings. The van der Waals surface area contributed by atoms with Gasteiger partial charge in [0.1, 0.15) is 18.7 Å². The summed E-state index contributed by atoms with van der Waals surface area (Å²) in [6.07, 6.45) is -0.322. The summed E-state index contributed by atoms with van der Waals surface area (Å²) < 4.78 is 5.35. The summed E-state index contributed by atoms with van der Waals surface area (Å²) in [5.74, 6) is -1.68. The molecule has 0 radical (unpaired) electrons. The summed E-state index contributed by atoms with van der Waals surface area (Å²) in [6.45, 7) is 0.0995. The van der Waals surface area contributed by atoms with Crippen LogP contribution in [0.15, 0.2) is 30.3 Å². The van der Waals surface area contributed by atoms with Gasteiger partial charge in [0.25, 0.3) is 0 Å². The van der Waals surface area contributed by atoms with E-state index in [-0.39, 0.29) is 26.1 Å². The Morgan fingerprint density at radius 3 is 2.57 bits per heavy atom. The average molecular weight is 418 g/mol. The Bertz CT molecular complexity index is 802. The highest BCUT2D eigenvalue weighted by atomic mass is 16.6. The first-order chi connectivity index (χ1) is 14.4. The van der Waals surface area contributed by atoms with Crippen LogP contribution in [0.2, 0.25) is 0 Å². The first kappa shape index (κ1) is 21.6. The molecule has 2 saturated heterocycles. The lowest BCUT2D eigenvalue weighted by Gasteiger charge is -2.30. The fraction of sp³-hybridized carbons (Fsp3) is 0.500. The van der Waals surface area contributed by atoms with Gasteiger partial charge in [0.2, 0.25) is 17.7 Å². The van der Waals surface area contributed by atoms with Crippen LogP contribution in [0.3, 0.4) is 0 Å². The van der Waals surface area contributed by atoms with E-state index >= 15 is 0 Å². The van der Waals surface area contributed by atoms with Crippen molar-refractivity contribution in [3.63, 3.8) is 0 Å². The molecule has 10 nitrogen and oxygen atoms in total. The standard InChI is InChI=1S/C20H26N4O6/c21-17(26)10-22-18(27)16-9-14(25)11-24(16)19(28)15-7-4-8-23(15)20(29)30-12-13-5-2-1-3-6-13/h1-3,5-6,14-16,25H,4,7-12H2,(H2,21,26)(H,22,27)/t14?,15-,16-/m0/s1. The maximum Gasteiger partial charge on any atom is 0.410 e. The molecule has 30 heavy (non-hydrogen) atoms. The Hall–Kier alpha value is -3.14. The van der Waals surface area contributed by atoms with Gasteiger partial charge < -0.3 is 25.8 Å². The maximum atomic E-state index is 13.1. The van der Waals surface area contributed by atoms with Crippen LogP contribution in [0.1, 0.15) is 24.8 Å². The molecule has 1 unspecified atom stereocenters. The molecule has 2 aliphatic rings. The summed E-state index contributed by atoms with van der Waals surface area (Å²) >= 11 is 0. The van der Waals surface area contributed by atoms with Crippen LogP contribution in [0.25, 0.3) is 0 Å². The van der Waals surface area contributed by atoms with Gasteiger partial charge in [-0.15, -0.1) is 0 Å². The van der Waals surface area contributed by atoms with Crippen LogP contribution in [0, 0.1) is 0 Å². The van der Waals surface area contributed by atoms with Gasteiger partial charge in [-0.1, -0.05) is 30.3 Å². The molecule has 1 aromatic carbocycles. The van der Waals surface area contributed by atoms with Crippen LogP contribution in [0.5, 0.6) is 0 Å². The predicted octanol–water partition coefficient (Wildman–Crippen LogP) is -0.649. The SMILES string of the molecule is NC(=O)CNC(=O)[C@@H]1CC(O)CN1C(=O)[C@@H]1CCCN1C(=O)OCc1ccccc1. The zero-order valence-electron chi connectivity index (χ0n) is 16.5. The fourth-order valence-electron chi connectivity index (χ4n) is 3.83. The molecule has 162 valence electrons. The van der Waals surface area contributed by atoms with E-state index in [9.17, 15) is 24.3 Å². The number of aliphatic hydroxyl groups excluding tert-OH is 1. The molecule has 2 aliphatic heterocycles. The predicted molar refractivity (Wildman–Crippen MR) is 105 cm³/mol. The van der Waals surface area contributed by atoms with Crippen LogP contribution in [-0.4, -0.2) is 76.5 Å². The molecule has 4 amide bonds. The van der Waals surface area contributed by atoms with Crippen LogP contribution < -0.4 is 11.1 Å². The lowest BCUT2D eigenvalue weighted by molar-refractivity contribution is -0.141. The van der Waals surface area contributed by atoms with Crippen LogP contribution in [0.4, 0.5) is 4.79 Å². The number of hydrogen-bond acceptors (Lipinski definition) is 6. The van der Waals surface area contributed by atoms with Gasteiger partial charge in [-0.25, -0.2) is 4.79 Å². The average Bonchev–Trinajstić information content (AvgIpc) is 3.37. The van der Waals surface area contributed by atoms with Crippen LogP contribution >= 0.6 is 0 Å². The third-order valence-electron chi connectivity index (χ3n) is 5.28. The molecular weight excluding hydrogens is 392 g/mol. The minimum Gasteiger partial charge on any atom is -0.445 e. The number of carbonyl (C=O) groups is 4. The third kappa shape index (κ3) is 5.07. The molecule has 3 rings (SSSR count). The smallest absolute Gasteiger partial charge is 0.410 e. The highest BCUT2D eigenvalue weighted by molar-refractivity contribution is 5.93. The number of nitrogens with two attached hydrogens (primary N) is 1. The van der Waals surface area contributed by atoms with Gasteiger partial charge >= 0.3 is 6.09 Å². The second-order valence-electron chi connectivity index (χ2n) is 7.47. The lowest BCUT2D eigenvalue weighted by Crippen LogP contribution is -2.53. The first-order valence-corrected chi connectivity index (χ1v) is 9.88. The topological polar surface area (TPSA) is 142 Å². The number of β-amino-alcohol motifs (C(OH)–C–C–N with tert-alkyl or cyclic N) is 1. The van der Waals surface area contributed by atoms with Crippen molar-refractivity contribution in [3.05, 3.63) is 35.9 Å². The molecule has 0 saturated carbocycles. The van der Waals surface area contributed by atoms with Crippen molar-refractivity contribution >= 4 is 23.8 Å². The molecule has 10 heteroatoms. The van der Waals surface area contributed by atoms with Gasteiger partial charge in [-0.05, 0) is 18.4 Å². The summed E-state index contributed by atoms with van der Waals surface area (Å²) in [7, 11) is 0. The Labute approximate surface area is 173 Å². The van der Waals surface area contributed by atoms with Crippen LogP contribution in [-0.2, 0) is 25.7 Å². The molecule has 0 aliphatic carbocycles. The van der Waals surface area contributed by atoms with Crippen molar-refractivity contribution in [1.82, 2.24) is 15.1 Å². The molecule has 2 fully saturated rings. The molecule has 0 aromatic heterocycles. The molecule has 4 N–H and O–H groups in total. The van der Waals surface area contributed by atoms with E-state index in [1.54, 1.807) is 0 Å². The Kier molecular flexibility index (Phi) is 6.88. The number of ether oxygens (including phenoxy) is 1. The lowest BCUT2D eigenvalue weighted by atomic mass is 10.1. The number of primary amides is 1.